The van der Waals surface area contributed by atoms with Gasteiger partial charge in [-0.15, -0.1) is 0 Å². The smallest absolute Gasteiger partial charge is 0.382 e. The molecule has 0 amide bonds. The average molecular weight is 484 g/mol. The number of fused-ring (bicyclic) bond motifs is 1. The quantitative estimate of drug-likeness (QED) is 0.300. The summed E-state index contributed by atoms with van der Waals surface area (Å²) >= 11 is 0. The van der Waals surface area contributed by atoms with Gasteiger partial charge < -0.3 is 10.2 Å². The van der Waals surface area contributed by atoms with E-state index in [1.165, 1.54) is 12.1 Å². The van der Waals surface area contributed by atoms with E-state index < -0.39 is 7.82 Å². The highest BCUT2D eigenvalue weighted by atomic mass is 31.2. The summed E-state index contributed by atoms with van der Waals surface area (Å²) in [6, 6.07) is 6.83. The maximum absolute atomic E-state index is 13.5. The number of aromatic nitrogens is 1. The molecule has 1 aromatic carbocycles. The van der Waals surface area contributed by atoms with Crippen LogP contribution in [0.2, 0.25) is 0 Å². The monoisotopic (exact) mass is 483 g/mol. The number of anilines is 1. The van der Waals surface area contributed by atoms with E-state index in [9.17, 15) is 8.96 Å². The van der Waals surface area contributed by atoms with Crippen LogP contribution < -0.4 is 5.32 Å². The first-order chi connectivity index (χ1) is 15.6. The van der Waals surface area contributed by atoms with Gasteiger partial charge in [0.15, 0.2) is 0 Å². The van der Waals surface area contributed by atoms with Gasteiger partial charge in [-0.3, -0.25) is 18.6 Å². The van der Waals surface area contributed by atoms with E-state index in [1.54, 1.807) is 40.0 Å². The number of likely N-dealkylation sites (N-methyl/N-ethyl adjacent to an activating group) is 1. The summed E-state index contributed by atoms with van der Waals surface area (Å²) in [5.74, 6) is -0.285. The molecule has 0 bridgehead atoms. The molecular weight excluding hydrogens is 444 g/mol. The van der Waals surface area contributed by atoms with Crippen molar-refractivity contribution in [3.8, 4) is 0 Å². The van der Waals surface area contributed by atoms with Crippen LogP contribution in [0.15, 0.2) is 30.5 Å². The number of halogens is 1. The molecule has 2 rings (SSSR count). The predicted octanol–water partition coefficient (Wildman–Crippen LogP) is 6.25. The predicted molar refractivity (Wildman–Crippen MR) is 132 cm³/mol. The van der Waals surface area contributed by atoms with Gasteiger partial charge in [-0.1, -0.05) is 6.92 Å². The van der Waals surface area contributed by atoms with Crippen molar-refractivity contribution in [3.05, 3.63) is 36.3 Å². The molecule has 0 aliphatic carbocycles. The first-order valence-electron chi connectivity index (χ1n) is 11.8. The van der Waals surface area contributed by atoms with E-state index in [2.05, 4.69) is 29.0 Å². The van der Waals surface area contributed by atoms with Crippen molar-refractivity contribution in [2.24, 2.45) is 0 Å². The largest absolute Gasteiger partial charge is 0.475 e. The maximum Gasteiger partial charge on any atom is 0.475 e. The normalized spacial score (nSPS) is 13.4. The van der Waals surface area contributed by atoms with Crippen LogP contribution in [0.4, 0.5) is 10.1 Å². The van der Waals surface area contributed by atoms with Crippen molar-refractivity contribution in [2.45, 2.75) is 72.6 Å². The molecule has 9 heteroatoms. The lowest BCUT2D eigenvalue weighted by Gasteiger charge is -2.25. The molecule has 33 heavy (non-hydrogen) atoms. The molecule has 1 atom stereocenters. The van der Waals surface area contributed by atoms with E-state index in [-0.39, 0.29) is 30.7 Å². The molecular formula is C24H39FN3O4P. The topological polar surface area (TPSA) is 72.9 Å². The van der Waals surface area contributed by atoms with Gasteiger partial charge in [0.1, 0.15) is 5.82 Å². The van der Waals surface area contributed by atoms with Crippen molar-refractivity contribution < 1.29 is 22.5 Å². The third-order valence-corrected chi connectivity index (χ3v) is 6.86. The lowest BCUT2D eigenvalue weighted by Crippen LogP contribution is -2.29. The summed E-state index contributed by atoms with van der Waals surface area (Å²) in [5, 5.41) is 4.43. The minimum absolute atomic E-state index is 0.245. The van der Waals surface area contributed by atoms with Gasteiger partial charge in [-0.2, -0.15) is 0 Å². The number of hydrogen-bond donors (Lipinski definition) is 1. The van der Waals surface area contributed by atoms with Crippen molar-refractivity contribution >= 4 is 24.4 Å². The fraction of sp³-hybridized carbons (Fsp3) is 0.625. The van der Waals surface area contributed by atoms with E-state index in [4.69, 9.17) is 13.6 Å². The second kappa shape index (κ2) is 13.4. The summed E-state index contributed by atoms with van der Waals surface area (Å²) in [4.78, 5) is 6.50. The first-order valence-corrected chi connectivity index (χ1v) is 13.2. The number of rotatable bonds is 15. The Bertz CT molecular complexity index is 898. The number of hydrogen-bond acceptors (Lipinski definition) is 7. The van der Waals surface area contributed by atoms with Crippen LogP contribution in [-0.2, 0) is 18.1 Å². The van der Waals surface area contributed by atoms with Crippen LogP contribution in [0.5, 0.6) is 0 Å². The van der Waals surface area contributed by atoms with Gasteiger partial charge in [0, 0.05) is 35.9 Å². The fourth-order valence-corrected chi connectivity index (χ4v) is 5.03. The SMILES string of the molecule is CCN(CCC[C@@H](C)Nc1ccnc2cc(F)ccc12)CCOP(=O)(OC(C)C)OC(C)C. The Balaban J connectivity index is 1.79. The lowest BCUT2D eigenvalue weighted by atomic mass is 10.1. The van der Waals surface area contributed by atoms with Crippen molar-refractivity contribution in [1.29, 1.82) is 0 Å². The van der Waals surface area contributed by atoms with Crippen LogP contribution in [-0.4, -0.2) is 54.4 Å². The first kappa shape index (κ1) is 27.7. The van der Waals surface area contributed by atoms with Gasteiger partial charge in [0.05, 0.1) is 24.3 Å². The molecule has 1 heterocycles. The maximum atomic E-state index is 13.5. The molecule has 0 radical (unpaired) electrons. The Morgan fingerprint density at radius 2 is 1.79 bits per heavy atom. The second-order valence-electron chi connectivity index (χ2n) is 8.73. The molecule has 0 saturated carbocycles. The minimum atomic E-state index is -3.57. The molecule has 0 aliphatic rings. The minimum Gasteiger partial charge on any atom is -0.382 e. The van der Waals surface area contributed by atoms with Gasteiger partial charge in [0.25, 0.3) is 0 Å². The Hall–Kier alpha value is -1.57. The lowest BCUT2D eigenvalue weighted by molar-refractivity contribution is 0.0661. The van der Waals surface area contributed by atoms with Gasteiger partial charge in [-0.25, -0.2) is 8.96 Å². The number of pyridine rings is 1. The molecule has 0 spiro atoms. The molecule has 186 valence electrons. The molecule has 0 saturated heterocycles. The van der Waals surface area contributed by atoms with Crippen LogP contribution in [0.25, 0.3) is 10.9 Å². The Kier molecular flexibility index (Phi) is 11.2. The number of phosphoric ester groups is 1. The second-order valence-corrected chi connectivity index (χ2v) is 10.3. The Morgan fingerprint density at radius 1 is 1.09 bits per heavy atom. The highest BCUT2D eigenvalue weighted by Gasteiger charge is 2.29. The molecule has 2 aromatic rings. The van der Waals surface area contributed by atoms with Crippen LogP contribution in [0.1, 0.15) is 54.4 Å². The highest BCUT2D eigenvalue weighted by Crippen LogP contribution is 2.51. The van der Waals surface area contributed by atoms with E-state index in [1.807, 2.05) is 6.07 Å². The van der Waals surface area contributed by atoms with E-state index in [0.29, 0.717) is 12.1 Å². The summed E-state index contributed by atoms with van der Waals surface area (Å²) in [7, 11) is -3.57. The Labute approximate surface area is 197 Å². The number of benzene rings is 1. The molecule has 0 fully saturated rings. The van der Waals surface area contributed by atoms with E-state index in [0.717, 1.165) is 37.0 Å². The van der Waals surface area contributed by atoms with Gasteiger partial charge >= 0.3 is 7.82 Å². The molecule has 0 aliphatic heterocycles. The van der Waals surface area contributed by atoms with Crippen LogP contribution in [0.3, 0.4) is 0 Å². The number of nitrogens with one attached hydrogen (secondary N) is 1. The zero-order valence-corrected chi connectivity index (χ0v) is 21.6. The molecule has 7 nitrogen and oxygen atoms in total. The van der Waals surface area contributed by atoms with Crippen molar-refractivity contribution in [2.75, 3.05) is 31.6 Å². The third kappa shape index (κ3) is 9.67. The molecule has 0 unspecified atom stereocenters. The van der Waals surface area contributed by atoms with Gasteiger partial charge in [-0.05, 0) is 78.7 Å². The summed E-state index contributed by atoms with van der Waals surface area (Å²) in [5.41, 5.74) is 1.60. The molecule has 1 aromatic heterocycles. The zero-order chi connectivity index (χ0) is 24.4. The molecule has 1 N–H and O–H groups in total. The highest BCUT2D eigenvalue weighted by molar-refractivity contribution is 7.48. The van der Waals surface area contributed by atoms with Crippen molar-refractivity contribution in [3.63, 3.8) is 0 Å². The van der Waals surface area contributed by atoms with Crippen molar-refractivity contribution in [1.82, 2.24) is 9.88 Å². The van der Waals surface area contributed by atoms with Gasteiger partial charge in [0.2, 0.25) is 0 Å². The van der Waals surface area contributed by atoms with Crippen LogP contribution >= 0.6 is 7.82 Å². The number of nitrogens with zero attached hydrogens (tertiary/aromatic N) is 2. The number of phosphoric acid groups is 1. The summed E-state index contributed by atoms with van der Waals surface area (Å²) < 4.78 is 42.7. The Morgan fingerprint density at radius 3 is 2.42 bits per heavy atom. The zero-order valence-electron chi connectivity index (χ0n) is 20.7. The standard InChI is InChI=1S/C24H39FN3O4P/c1-7-28(15-16-30-33(29,31-18(2)3)32-19(4)5)14-8-9-20(6)27-23-12-13-26-24-17-21(25)10-11-22(23)24/h10-13,17-20H,7-9,14-16H2,1-6H3,(H,26,27)/t20-/m1/s1. The fourth-order valence-electron chi connectivity index (χ4n) is 3.52. The average Bonchev–Trinajstić information content (AvgIpc) is 2.71. The third-order valence-electron chi connectivity index (χ3n) is 5.00. The van der Waals surface area contributed by atoms with E-state index >= 15 is 0 Å². The van der Waals surface area contributed by atoms with Crippen LogP contribution in [0, 0.1) is 5.82 Å². The summed E-state index contributed by atoms with van der Waals surface area (Å²) in [6.07, 6.45) is 3.15. The summed E-state index contributed by atoms with van der Waals surface area (Å²) in [6.45, 7) is 14.1.